The van der Waals surface area contributed by atoms with E-state index in [0.717, 1.165) is 16.8 Å². The van der Waals surface area contributed by atoms with Crippen molar-refractivity contribution in [3.8, 4) is 5.75 Å². The Morgan fingerprint density at radius 3 is 2.48 bits per heavy atom. The Balaban J connectivity index is 2.14. The predicted octanol–water partition coefficient (Wildman–Crippen LogP) is 3.24. The van der Waals surface area contributed by atoms with Gasteiger partial charge in [-0.2, -0.15) is 5.10 Å². The normalized spacial score (nSPS) is 11.2. The second-order valence-electron chi connectivity index (χ2n) is 4.77. The topological polar surface area (TPSA) is 61.7 Å². The van der Waals surface area contributed by atoms with Gasteiger partial charge in [-0.25, -0.2) is 5.43 Å². The smallest absolute Gasteiger partial charge is 0.271 e. The first-order chi connectivity index (χ1) is 10.1. The van der Waals surface area contributed by atoms with E-state index in [-0.39, 0.29) is 11.7 Å². The first kappa shape index (κ1) is 14.8. The summed E-state index contributed by atoms with van der Waals surface area (Å²) >= 11 is 0. The number of carbonyl (C=O) groups is 1. The maximum Gasteiger partial charge on any atom is 0.271 e. The summed E-state index contributed by atoms with van der Waals surface area (Å²) in [7, 11) is 0. The number of amides is 1. The van der Waals surface area contributed by atoms with E-state index in [9.17, 15) is 9.90 Å². The highest BCUT2D eigenvalue weighted by molar-refractivity contribution is 6.02. The predicted molar refractivity (Wildman–Crippen MR) is 83.6 cm³/mol. The number of aryl methyl sites for hydroxylation is 1. The molecule has 0 bridgehead atoms. The van der Waals surface area contributed by atoms with Crippen LogP contribution >= 0.6 is 0 Å². The van der Waals surface area contributed by atoms with Crippen LogP contribution in [0.1, 0.15) is 34.8 Å². The third kappa shape index (κ3) is 3.92. The summed E-state index contributed by atoms with van der Waals surface area (Å²) in [5, 5.41) is 13.5. The van der Waals surface area contributed by atoms with E-state index in [1.54, 1.807) is 30.3 Å². The minimum atomic E-state index is -0.233. The van der Waals surface area contributed by atoms with Gasteiger partial charge in [-0.05, 0) is 55.3 Å². The highest BCUT2D eigenvalue weighted by atomic mass is 16.3. The van der Waals surface area contributed by atoms with Crippen molar-refractivity contribution in [1.82, 2.24) is 5.43 Å². The molecule has 108 valence electrons. The standard InChI is InChI=1S/C17H18N2O2/c1-3-16(13-7-9-15(20)10-8-13)18-19-17(21)14-6-4-5-12(2)11-14/h4-11,20H,3H2,1-2H3,(H,19,21)/b18-16+. The number of phenols is 1. The largest absolute Gasteiger partial charge is 0.508 e. The lowest BCUT2D eigenvalue weighted by molar-refractivity contribution is 0.0954. The number of aromatic hydroxyl groups is 1. The highest BCUT2D eigenvalue weighted by Gasteiger charge is 2.06. The molecule has 0 aliphatic rings. The number of phenolic OH excluding ortho intramolecular Hbond substituents is 1. The SMILES string of the molecule is CC/C(=N\NC(=O)c1cccc(C)c1)c1ccc(O)cc1. The van der Waals surface area contributed by atoms with Crippen LogP contribution in [-0.4, -0.2) is 16.7 Å². The number of nitrogens with one attached hydrogen (secondary N) is 1. The third-order valence-electron chi connectivity index (χ3n) is 3.11. The van der Waals surface area contributed by atoms with Gasteiger partial charge < -0.3 is 5.11 Å². The zero-order valence-electron chi connectivity index (χ0n) is 12.1. The molecule has 0 saturated carbocycles. The Kier molecular flexibility index (Phi) is 4.72. The molecule has 4 nitrogen and oxygen atoms in total. The van der Waals surface area contributed by atoms with Crippen molar-refractivity contribution < 1.29 is 9.90 Å². The zero-order valence-corrected chi connectivity index (χ0v) is 12.1. The number of hydrogen-bond donors (Lipinski definition) is 2. The molecule has 0 unspecified atom stereocenters. The molecule has 0 aliphatic heterocycles. The third-order valence-corrected chi connectivity index (χ3v) is 3.11. The van der Waals surface area contributed by atoms with Crippen LogP contribution in [0.5, 0.6) is 5.75 Å². The second kappa shape index (κ2) is 6.70. The molecule has 2 aromatic rings. The average molecular weight is 282 g/mol. The lowest BCUT2D eigenvalue weighted by Gasteiger charge is -2.06. The van der Waals surface area contributed by atoms with Gasteiger partial charge in [-0.3, -0.25) is 4.79 Å². The van der Waals surface area contributed by atoms with Gasteiger partial charge in [0.05, 0.1) is 5.71 Å². The Bertz CT molecular complexity index is 661. The Hall–Kier alpha value is -2.62. The van der Waals surface area contributed by atoms with E-state index in [1.807, 2.05) is 32.0 Å². The van der Waals surface area contributed by atoms with Gasteiger partial charge >= 0.3 is 0 Å². The van der Waals surface area contributed by atoms with Crippen molar-refractivity contribution >= 4 is 11.6 Å². The monoisotopic (exact) mass is 282 g/mol. The summed E-state index contributed by atoms with van der Waals surface area (Å²) in [5.41, 5.74) is 5.82. The number of benzene rings is 2. The van der Waals surface area contributed by atoms with Gasteiger partial charge in [0.15, 0.2) is 0 Å². The van der Waals surface area contributed by atoms with Gasteiger partial charge in [0, 0.05) is 5.56 Å². The van der Waals surface area contributed by atoms with Crippen molar-refractivity contribution in [2.24, 2.45) is 5.10 Å². The molecule has 0 heterocycles. The Labute approximate surface area is 124 Å². The fraction of sp³-hybridized carbons (Fsp3) is 0.176. The summed E-state index contributed by atoms with van der Waals surface area (Å²) in [4.78, 5) is 12.0. The van der Waals surface area contributed by atoms with E-state index in [1.165, 1.54) is 0 Å². The van der Waals surface area contributed by atoms with Crippen LogP contribution in [0.4, 0.5) is 0 Å². The molecular weight excluding hydrogens is 264 g/mol. The Morgan fingerprint density at radius 1 is 1.14 bits per heavy atom. The fourth-order valence-corrected chi connectivity index (χ4v) is 1.97. The van der Waals surface area contributed by atoms with Crippen LogP contribution in [0.2, 0.25) is 0 Å². The first-order valence-electron chi connectivity index (χ1n) is 6.83. The van der Waals surface area contributed by atoms with Crippen LogP contribution in [-0.2, 0) is 0 Å². The van der Waals surface area contributed by atoms with Crippen LogP contribution < -0.4 is 5.43 Å². The number of rotatable bonds is 4. The van der Waals surface area contributed by atoms with E-state index < -0.39 is 0 Å². The average Bonchev–Trinajstić information content (AvgIpc) is 2.49. The molecule has 2 rings (SSSR count). The number of nitrogens with zero attached hydrogens (tertiary/aromatic N) is 1. The molecule has 0 spiro atoms. The molecule has 0 fully saturated rings. The second-order valence-corrected chi connectivity index (χ2v) is 4.77. The molecule has 0 radical (unpaired) electrons. The summed E-state index contributed by atoms with van der Waals surface area (Å²) in [6, 6.07) is 14.1. The van der Waals surface area contributed by atoms with Crippen LogP contribution in [0.25, 0.3) is 0 Å². The van der Waals surface area contributed by atoms with E-state index in [4.69, 9.17) is 0 Å². The zero-order chi connectivity index (χ0) is 15.2. The summed E-state index contributed by atoms with van der Waals surface area (Å²) in [5.74, 6) is -0.0265. The molecule has 0 aromatic heterocycles. The summed E-state index contributed by atoms with van der Waals surface area (Å²) < 4.78 is 0. The fourth-order valence-electron chi connectivity index (χ4n) is 1.97. The lowest BCUT2D eigenvalue weighted by Crippen LogP contribution is -2.20. The van der Waals surface area contributed by atoms with Crippen LogP contribution in [0.15, 0.2) is 53.6 Å². The van der Waals surface area contributed by atoms with E-state index >= 15 is 0 Å². The lowest BCUT2D eigenvalue weighted by atomic mass is 10.1. The first-order valence-corrected chi connectivity index (χ1v) is 6.83. The van der Waals surface area contributed by atoms with Gasteiger partial charge in [0.2, 0.25) is 0 Å². The van der Waals surface area contributed by atoms with Crippen LogP contribution in [0, 0.1) is 6.92 Å². The van der Waals surface area contributed by atoms with Crippen LogP contribution in [0.3, 0.4) is 0 Å². The molecule has 0 atom stereocenters. The quantitative estimate of drug-likeness (QED) is 0.668. The maximum atomic E-state index is 12.0. The molecule has 2 N–H and O–H groups in total. The van der Waals surface area contributed by atoms with Gasteiger partial charge in [-0.1, -0.05) is 24.6 Å². The van der Waals surface area contributed by atoms with E-state index in [0.29, 0.717) is 12.0 Å². The summed E-state index contributed by atoms with van der Waals surface area (Å²) in [6.07, 6.45) is 0.679. The minimum absolute atomic E-state index is 0.206. The number of hydrazone groups is 1. The molecule has 0 aliphatic carbocycles. The van der Waals surface area contributed by atoms with Gasteiger partial charge in [-0.15, -0.1) is 0 Å². The molecule has 1 amide bonds. The van der Waals surface area contributed by atoms with Crippen molar-refractivity contribution in [2.75, 3.05) is 0 Å². The molecule has 0 saturated heterocycles. The molecule has 2 aromatic carbocycles. The maximum absolute atomic E-state index is 12.0. The molecule has 21 heavy (non-hydrogen) atoms. The van der Waals surface area contributed by atoms with Crippen molar-refractivity contribution in [1.29, 1.82) is 0 Å². The minimum Gasteiger partial charge on any atom is -0.508 e. The van der Waals surface area contributed by atoms with Gasteiger partial charge in [0.1, 0.15) is 5.75 Å². The molecular formula is C17H18N2O2. The molecule has 4 heteroatoms. The number of carbonyl (C=O) groups excluding carboxylic acids is 1. The van der Waals surface area contributed by atoms with Crippen molar-refractivity contribution in [3.05, 3.63) is 65.2 Å². The number of hydrogen-bond acceptors (Lipinski definition) is 3. The highest BCUT2D eigenvalue weighted by Crippen LogP contribution is 2.12. The van der Waals surface area contributed by atoms with E-state index in [2.05, 4.69) is 10.5 Å². The Morgan fingerprint density at radius 2 is 1.86 bits per heavy atom. The van der Waals surface area contributed by atoms with Crippen molar-refractivity contribution in [2.45, 2.75) is 20.3 Å². The van der Waals surface area contributed by atoms with Gasteiger partial charge in [0.25, 0.3) is 5.91 Å². The van der Waals surface area contributed by atoms with Crippen molar-refractivity contribution in [3.63, 3.8) is 0 Å². The summed E-state index contributed by atoms with van der Waals surface area (Å²) in [6.45, 7) is 3.90.